The van der Waals surface area contributed by atoms with Gasteiger partial charge in [0.25, 0.3) is 0 Å². The molecule has 0 spiro atoms. The summed E-state index contributed by atoms with van der Waals surface area (Å²) in [7, 11) is 0. The van der Waals surface area contributed by atoms with Crippen molar-refractivity contribution in [2.75, 3.05) is 13.2 Å². The number of ether oxygens (including phenoxy) is 2. The molecule has 2 aromatic rings. The minimum atomic E-state index is -1.81. The van der Waals surface area contributed by atoms with E-state index in [1.165, 1.54) is 0 Å². The largest absolute Gasteiger partial charge is 0.444 e. The van der Waals surface area contributed by atoms with E-state index in [1.807, 2.05) is 60.7 Å². The highest BCUT2D eigenvalue weighted by atomic mass is 16.6. The van der Waals surface area contributed by atoms with Gasteiger partial charge in [0, 0.05) is 0 Å². The normalized spacial score (nSPS) is 15.4. The number of carbonyl (C=O) groups is 1. The van der Waals surface area contributed by atoms with Crippen molar-refractivity contribution in [2.45, 2.75) is 64.6 Å². The minimum Gasteiger partial charge on any atom is -0.444 e. The van der Waals surface area contributed by atoms with Gasteiger partial charge in [-0.15, -0.1) is 0 Å². The minimum absolute atomic E-state index is 0.0411. The Morgan fingerprint density at radius 2 is 1.41 bits per heavy atom. The molecule has 1 amide bonds. The van der Waals surface area contributed by atoms with Crippen LogP contribution in [-0.4, -0.2) is 58.7 Å². The van der Waals surface area contributed by atoms with E-state index in [0.29, 0.717) is 12.8 Å². The summed E-state index contributed by atoms with van der Waals surface area (Å²) in [6.45, 7) is 7.13. The second-order valence-electron chi connectivity index (χ2n) is 9.75. The van der Waals surface area contributed by atoms with Gasteiger partial charge >= 0.3 is 6.09 Å². The predicted octanol–water partition coefficient (Wildman–Crippen LogP) is 3.31. The SMILES string of the molecule is C[C@H](O)[C@H](Cc1ccccc1)[C@H](COC[C@H](NC(=O)OC(C)(C)C)C(O)O)Cc1ccccc1. The quantitative estimate of drug-likeness (QED) is 0.352. The number of rotatable bonds is 12. The van der Waals surface area contributed by atoms with Crippen LogP contribution in [0.15, 0.2) is 60.7 Å². The highest BCUT2D eigenvalue weighted by Gasteiger charge is 2.28. The maximum atomic E-state index is 12.1. The van der Waals surface area contributed by atoms with Crippen molar-refractivity contribution >= 4 is 6.09 Å². The van der Waals surface area contributed by atoms with E-state index in [-0.39, 0.29) is 25.0 Å². The first-order chi connectivity index (χ1) is 16.0. The number of amides is 1. The van der Waals surface area contributed by atoms with Crippen LogP contribution in [0.4, 0.5) is 4.79 Å². The molecular weight excluding hydrogens is 434 g/mol. The smallest absolute Gasteiger partial charge is 0.408 e. The number of hydrogen-bond donors (Lipinski definition) is 4. The van der Waals surface area contributed by atoms with E-state index < -0.39 is 30.1 Å². The fourth-order valence-electron chi connectivity index (χ4n) is 3.88. The summed E-state index contributed by atoms with van der Waals surface area (Å²) in [5, 5.41) is 32.5. The Morgan fingerprint density at radius 1 is 0.882 bits per heavy atom. The van der Waals surface area contributed by atoms with E-state index in [0.717, 1.165) is 11.1 Å². The molecule has 0 fully saturated rings. The van der Waals surface area contributed by atoms with Gasteiger partial charge < -0.3 is 30.1 Å². The Labute approximate surface area is 202 Å². The number of aliphatic hydroxyl groups is 3. The number of hydrogen-bond acceptors (Lipinski definition) is 6. The highest BCUT2D eigenvalue weighted by molar-refractivity contribution is 5.68. The van der Waals surface area contributed by atoms with Crippen LogP contribution in [0.2, 0.25) is 0 Å². The maximum Gasteiger partial charge on any atom is 0.408 e. The molecule has 0 unspecified atom stereocenters. The molecule has 0 aliphatic carbocycles. The average Bonchev–Trinajstić information content (AvgIpc) is 2.76. The van der Waals surface area contributed by atoms with E-state index in [9.17, 15) is 20.1 Å². The van der Waals surface area contributed by atoms with Crippen LogP contribution in [-0.2, 0) is 22.3 Å². The first-order valence-corrected chi connectivity index (χ1v) is 11.7. The fraction of sp³-hybridized carbons (Fsp3) is 0.519. The zero-order valence-electron chi connectivity index (χ0n) is 20.6. The molecule has 4 atom stereocenters. The molecule has 34 heavy (non-hydrogen) atoms. The van der Waals surface area contributed by atoms with Crippen molar-refractivity contribution in [1.29, 1.82) is 0 Å². The lowest BCUT2D eigenvalue weighted by Gasteiger charge is -2.31. The maximum absolute atomic E-state index is 12.1. The van der Waals surface area contributed by atoms with Gasteiger partial charge in [-0.3, -0.25) is 0 Å². The van der Waals surface area contributed by atoms with Gasteiger partial charge in [-0.2, -0.15) is 0 Å². The Hall–Kier alpha value is -2.45. The summed E-state index contributed by atoms with van der Waals surface area (Å²) >= 11 is 0. The number of alkyl carbamates (subject to hydrolysis) is 1. The van der Waals surface area contributed by atoms with E-state index in [4.69, 9.17) is 9.47 Å². The number of benzene rings is 2. The van der Waals surface area contributed by atoms with Crippen LogP contribution >= 0.6 is 0 Å². The van der Waals surface area contributed by atoms with Crippen LogP contribution in [0.1, 0.15) is 38.8 Å². The summed E-state index contributed by atoms with van der Waals surface area (Å²) < 4.78 is 11.1. The molecule has 0 aromatic heterocycles. The van der Waals surface area contributed by atoms with E-state index >= 15 is 0 Å². The first kappa shape index (κ1) is 27.8. The summed E-state index contributed by atoms with van der Waals surface area (Å²) in [6.07, 6.45) is -1.76. The van der Waals surface area contributed by atoms with Crippen LogP contribution in [0.3, 0.4) is 0 Å². The third-order valence-corrected chi connectivity index (χ3v) is 5.57. The number of nitrogens with one attached hydrogen (secondary N) is 1. The van der Waals surface area contributed by atoms with Gasteiger partial charge in [0.05, 0.1) is 19.3 Å². The second kappa shape index (κ2) is 13.4. The molecule has 4 N–H and O–H groups in total. The van der Waals surface area contributed by atoms with Crippen LogP contribution < -0.4 is 5.32 Å². The monoisotopic (exact) mass is 473 g/mol. The number of aliphatic hydroxyl groups excluding tert-OH is 2. The molecule has 0 saturated carbocycles. The molecule has 0 heterocycles. The van der Waals surface area contributed by atoms with Crippen molar-refractivity contribution in [3.8, 4) is 0 Å². The van der Waals surface area contributed by atoms with Crippen LogP contribution in [0, 0.1) is 11.8 Å². The molecule has 0 aliphatic heterocycles. The standard InChI is InChI=1S/C27H39NO6/c1-19(29)23(16-21-13-9-6-10-14-21)22(15-20-11-7-5-8-12-20)17-33-18-24(25(30)31)28-26(32)34-27(2,3)4/h5-14,19,22-25,29-31H,15-18H2,1-4H3,(H,28,32)/t19-,22-,23-,24-/m0/s1. The molecule has 7 nitrogen and oxygen atoms in total. The zero-order valence-corrected chi connectivity index (χ0v) is 20.6. The van der Waals surface area contributed by atoms with Gasteiger partial charge in [0.2, 0.25) is 0 Å². The van der Waals surface area contributed by atoms with Crippen LogP contribution in [0.25, 0.3) is 0 Å². The topological polar surface area (TPSA) is 108 Å². The lowest BCUT2D eigenvalue weighted by atomic mass is 9.80. The van der Waals surface area contributed by atoms with E-state index in [1.54, 1.807) is 27.7 Å². The first-order valence-electron chi connectivity index (χ1n) is 11.7. The van der Waals surface area contributed by atoms with Crippen molar-refractivity contribution in [2.24, 2.45) is 11.8 Å². The second-order valence-corrected chi connectivity index (χ2v) is 9.75. The van der Waals surface area contributed by atoms with Gasteiger partial charge in [0.1, 0.15) is 11.6 Å². The molecule has 0 radical (unpaired) electrons. The third-order valence-electron chi connectivity index (χ3n) is 5.57. The van der Waals surface area contributed by atoms with Crippen molar-refractivity contribution in [3.63, 3.8) is 0 Å². The van der Waals surface area contributed by atoms with Crippen molar-refractivity contribution < 1.29 is 29.6 Å². The molecule has 2 aromatic carbocycles. The predicted molar refractivity (Wildman–Crippen MR) is 131 cm³/mol. The Balaban J connectivity index is 2.09. The Morgan fingerprint density at radius 3 is 1.88 bits per heavy atom. The van der Waals surface area contributed by atoms with Crippen molar-refractivity contribution in [1.82, 2.24) is 5.32 Å². The lowest BCUT2D eigenvalue weighted by Crippen LogP contribution is -2.48. The van der Waals surface area contributed by atoms with Gasteiger partial charge in [-0.1, -0.05) is 60.7 Å². The fourth-order valence-corrected chi connectivity index (χ4v) is 3.88. The highest BCUT2D eigenvalue weighted by Crippen LogP contribution is 2.26. The van der Waals surface area contributed by atoms with E-state index in [2.05, 4.69) is 5.32 Å². The summed E-state index contributed by atoms with van der Waals surface area (Å²) in [6, 6.07) is 18.9. The molecule has 7 heteroatoms. The molecule has 2 rings (SSSR count). The average molecular weight is 474 g/mol. The molecule has 0 bridgehead atoms. The summed E-state index contributed by atoms with van der Waals surface area (Å²) in [4.78, 5) is 12.1. The van der Waals surface area contributed by atoms with Crippen molar-refractivity contribution in [3.05, 3.63) is 71.8 Å². The van der Waals surface area contributed by atoms with Gasteiger partial charge in [0.15, 0.2) is 6.29 Å². The Bertz CT molecular complexity index is 835. The molecular formula is C27H39NO6. The molecule has 0 aliphatic rings. The molecule has 0 saturated heterocycles. The van der Waals surface area contributed by atoms with Crippen LogP contribution in [0.5, 0.6) is 0 Å². The third kappa shape index (κ3) is 10.2. The summed E-state index contributed by atoms with van der Waals surface area (Å²) in [5.74, 6) is -0.125. The zero-order chi connectivity index (χ0) is 25.1. The lowest BCUT2D eigenvalue weighted by molar-refractivity contribution is -0.0905. The summed E-state index contributed by atoms with van der Waals surface area (Å²) in [5.41, 5.74) is 1.54. The number of carbonyl (C=O) groups excluding carboxylic acids is 1. The molecule has 188 valence electrons. The van der Waals surface area contributed by atoms with Gasteiger partial charge in [-0.05, 0) is 63.5 Å². The Kier molecular flexibility index (Phi) is 11.0. The van der Waals surface area contributed by atoms with Gasteiger partial charge in [-0.25, -0.2) is 4.79 Å².